The maximum Gasteiger partial charge on any atom is 0.250 e. The number of carbonyl (C=O) groups is 1. The lowest BCUT2D eigenvalue weighted by molar-refractivity contribution is -0.116. The van der Waals surface area contributed by atoms with Gasteiger partial charge in [-0.3, -0.25) is 9.59 Å². The Kier molecular flexibility index (Phi) is 7.50. The van der Waals surface area contributed by atoms with Crippen LogP contribution in [0.3, 0.4) is 0 Å². The standard InChI is InChI=1S/C23H29N5O4S/c1-5-27(6-2)33(31,32)20-12-13-22(30)26(16-20)15-14-21(29)24-23-17(3)25-28(18(23)4)19-10-8-7-9-11-19/h7-13,16H,5-6,14-15H2,1-4H3,(H,24,29). The molecular weight excluding hydrogens is 442 g/mol. The fourth-order valence-electron chi connectivity index (χ4n) is 3.62. The summed E-state index contributed by atoms with van der Waals surface area (Å²) in [4.78, 5) is 24.9. The lowest BCUT2D eigenvalue weighted by Gasteiger charge is -2.19. The first-order valence-corrected chi connectivity index (χ1v) is 12.2. The Morgan fingerprint density at radius 2 is 1.73 bits per heavy atom. The van der Waals surface area contributed by atoms with Crippen LogP contribution in [0.2, 0.25) is 0 Å². The molecule has 33 heavy (non-hydrogen) atoms. The number of carbonyl (C=O) groups excluding carboxylic acids is 1. The van der Waals surface area contributed by atoms with E-state index in [1.165, 1.54) is 27.2 Å². The normalized spacial score (nSPS) is 11.7. The summed E-state index contributed by atoms with van der Waals surface area (Å²) in [5.41, 5.74) is 2.60. The largest absolute Gasteiger partial charge is 0.323 e. The van der Waals surface area contributed by atoms with Crippen molar-refractivity contribution in [1.29, 1.82) is 0 Å². The van der Waals surface area contributed by atoms with Crippen LogP contribution in [0.15, 0.2) is 58.4 Å². The third kappa shape index (κ3) is 5.23. The van der Waals surface area contributed by atoms with Gasteiger partial charge in [0.15, 0.2) is 0 Å². The molecule has 0 aliphatic heterocycles. The van der Waals surface area contributed by atoms with Crippen LogP contribution >= 0.6 is 0 Å². The number of nitrogens with one attached hydrogen (secondary N) is 1. The van der Waals surface area contributed by atoms with Crippen LogP contribution in [0.4, 0.5) is 5.69 Å². The van der Waals surface area contributed by atoms with Gasteiger partial charge in [-0.25, -0.2) is 13.1 Å². The number of para-hydroxylation sites is 1. The van der Waals surface area contributed by atoms with Crippen LogP contribution in [0.25, 0.3) is 5.69 Å². The number of nitrogens with zero attached hydrogens (tertiary/aromatic N) is 4. The molecule has 0 atom stereocenters. The molecule has 0 saturated carbocycles. The van der Waals surface area contributed by atoms with Crippen LogP contribution in [0.5, 0.6) is 0 Å². The zero-order chi connectivity index (χ0) is 24.2. The van der Waals surface area contributed by atoms with Gasteiger partial charge in [0, 0.05) is 38.3 Å². The Labute approximate surface area is 193 Å². The van der Waals surface area contributed by atoms with E-state index in [0.29, 0.717) is 24.5 Å². The monoisotopic (exact) mass is 471 g/mol. The second kappa shape index (κ2) is 10.1. The van der Waals surface area contributed by atoms with Gasteiger partial charge in [-0.15, -0.1) is 0 Å². The highest BCUT2D eigenvalue weighted by atomic mass is 32.2. The predicted octanol–water partition coefficient (Wildman–Crippen LogP) is 2.71. The highest BCUT2D eigenvalue weighted by Crippen LogP contribution is 2.23. The summed E-state index contributed by atoms with van der Waals surface area (Å²) in [6.45, 7) is 7.90. The van der Waals surface area contributed by atoms with Crippen molar-refractivity contribution in [3.05, 3.63) is 70.4 Å². The van der Waals surface area contributed by atoms with Gasteiger partial charge < -0.3 is 9.88 Å². The van der Waals surface area contributed by atoms with E-state index in [4.69, 9.17) is 0 Å². The lowest BCUT2D eigenvalue weighted by atomic mass is 10.2. The summed E-state index contributed by atoms with van der Waals surface area (Å²) in [6.07, 6.45) is 1.30. The molecule has 2 aromatic heterocycles. The van der Waals surface area contributed by atoms with Crippen LogP contribution in [0, 0.1) is 13.8 Å². The number of benzene rings is 1. The Morgan fingerprint density at radius 3 is 2.36 bits per heavy atom. The fourth-order valence-corrected chi connectivity index (χ4v) is 5.10. The molecular formula is C23H29N5O4S. The summed E-state index contributed by atoms with van der Waals surface area (Å²) in [7, 11) is -3.70. The van der Waals surface area contributed by atoms with E-state index in [1.807, 2.05) is 44.2 Å². The molecule has 1 amide bonds. The molecule has 10 heteroatoms. The molecule has 0 fully saturated rings. The van der Waals surface area contributed by atoms with Gasteiger partial charge in [0.2, 0.25) is 15.9 Å². The van der Waals surface area contributed by atoms with Gasteiger partial charge in [0.25, 0.3) is 5.56 Å². The van der Waals surface area contributed by atoms with Crippen molar-refractivity contribution in [2.24, 2.45) is 0 Å². The third-order valence-electron chi connectivity index (χ3n) is 5.44. The quantitative estimate of drug-likeness (QED) is 0.516. The molecule has 0 bridgehead atoms. The SMILES string of the molecule is CCN(CC)S(=O)(=O)c1ccc(=O)n(CCC(=O)Nc2c(C)nn(-c3ccccc3)c2C)c1. The number of pyridine rings is 1. The Hall–Kier alpha value is -3.24. The van der Waals surface area contributed by atoms with Crippen molar-refractivity contribution < 1.29 is 13.2 Å². The highest BCUT2D eigenvalue weighted by molar-refractivity contribution is 7.89. The van der Waals surface area contributed by atoms with E-state index >= 15 is 0 Å². The van der Waals surface area contributed by atoms with E-state index in [9.17, 15) is 18.0 Å². The molecule has 3 aromatic rings. The minimum Gasteiger partial charge on any atom is -0.323 e. The molecule has 1 N–H and O–H groups in total. The van der Waals surface area contributed by atoms with Crippen LogP contribution < -0.4 is 10.9 Å². The Balaban J connectivity index is 1.75. The van der Waals surface area contributed by atoms with Crippen molar-refractivity contribution >= 4 is 21.6 Å². The van der Waals surface area contributed by atoms with Crippen molar-refractivity contribution in [3.8, 4) is 5.69 Å². The molecule has 0 spiro atoms. The first kappa shape index (κ1) is 24.4. The summed E-state index contributed by atoms with van der Waals surface area (Å²) < 4.78 is 29.8. The molecule has 0 unspecified atom stereocenters. The van der Waals surface area contributed by atoms with E-state index in [1.54, 1.807) is 18.5 Å². The van der Waals surface area contributed by atoms with E-state index in [2.05, 4.69) is 10.4 Å². The number of anilines is 1. The minimum absolute atomic E-state index is 0.00404. The molecule has 2 heterocycles. The number of hydrogen-bond acceptors (Lipinski definition) is 5. The molecule has 0 saturated heterocycles. The van der Waals surface area contributed by atoms with Crippen molar-refractivity contribution in [2.75, 3.05) is 18.4 Å². The average molecular weight is 472 g/mol. The third-order valence-corrected chi connectivity index (χ3v) is 7.47. The maximum absolute atomic E-state index is 12.8. The number of aromatic nitrogens is 3. The molecule has 0 radical (unpaired) electrons. The number of hydrogen-bond donors (Lipinski definition) is 1. The fraction of sp³-hybridized carbons (Fsp3) is 0.348. The van der Waals surface area contributed by atoms with Crippen LogP contribution in [-0.4, -0.2) is 46.1 Å². The Bertz CT molecular complexity index is 1290. The first-order chi connectivity index (χ1) is 15.7. The molecule has 1 aromatic carbocycles. The smallest absolute Gasteiger partial charge is 0.250 e. The number of aryl methyl sites for hydroxylation is 2. The van der Waals surface area contributed by atoms with E-state index in [-0.39, 0.29) is 29.3 Å². The number of sulfonamides is 1. The van der Waals surface area contributed by atoms with Gasteiger partial charge in [0.1, 0.15) is 0 Å². The van der Waals surface area contributed by atoms with E-state index in [0.717, 1.165) is 11.4 Å². The number of rotatable bonds is 9. The van der Waals surface area contributed by atoms with Gasteiger partial charge in [-0.05, 0) is 32.0 Å². The molecule has 176 valence electrons. The van der Waals surface area contributed by atoms with Crippen molar-refractivity contribution in [1.82, 2.24) is 18.7 Å². The molecule has 3 rings (SSSR count). The minimum atomic E-state index is -3.70. The highest BCUT2D eigenvalue weighted by Gasteiger charge is 2.22. The summed E-state index contributed by atoms with van der Waals surface area (Å²) in [5.74, 6) is -0.294. The van der Waals surface area contributed by atoms with Gasteiger partial charge in [-0.1, -0.05) is 32.0 Å². The lowest BCUT2D eigenvalue weighted by Crippen LogP contribution is -2.32. The zero-order valence-corrected chi connectivity index (χ0v) is 20.1. The Morgan fingerprint density at radius 1 is 1.06 bits per heavy atom. The molecule has 9 nitrogen and oxygen atoms in total. The van der Waals surface area contributed by atoms with Crippen LogP contribution in [-0.2, 0) is 21.4 Å². The number of amides is 1. The molecule has 0 aliphatic carbocycles. The summed E-state index contributed by atoms with van der Waals surface area (Å²) in [6, 6.07) is 12.1. The second-order valence-corrected chi connectivity index (χ2v) is 9.52. The van der Waals surface area contributed by atoms with Gasteiger partial charge in [0.05, 0.1) is 27.7 Å². The zero-order valence-electron chi connectivity index (χ0n) is 19.3. The van der Waals surface area contributed by atoms with E-state index < -0.39 is 10.0 Å². The van der Waals surface area contributed by atoms with Gasteiger partial charge in [-0.2, -0.15) is 9.40 Å². The summed E-state index contributed by atoms with van der Waals surface area (Å²) >= 11 is 0. The van der Waals surface area contributed by atoms with Crippen molar-refractivity contribution in [2.45, 2.75) is 45.6 Å². The van der Waals surface area contributed by atoms with Gasteiger partial charge >= 0.3 is 0 Å². The van der Waals surface area contributed by atoms with Crippen LogP contribution in [0.1, 0.15) is 31.7 Å². The predicted molar refractivity (Wildman–Crippen MR) is 127 cm³/mol. The maximum atomic E-state index is 12.8. The average Bonchev–Trinajstić information content (AvgIpc) is 3.08. The topological polar surface area (TPSA) is 106 Å². The van der Waals surface area contributed by atoms with Crippen molar-refractivity contribution in [3.63, 3.8) is 0 Å². The molecule has 0 aliphatic rings. The first-order valence-electron chi connectivity index (χ1n) is 10.8. The summed E-state index contributed by atoms with van der Waals surface area (Å²) in [5, 5.41) is 7.39. The second-order valence-electron chi connectivity index (χ2n) is 7.58.